The molecule has 2 rings (SSSR count). The van der Waals surface area contributed by atoms with Crippen molar-refractivity contribution in [3.05, 3.63) is 47.8 Å². The Morgan fingerprint density at radius 3 is 2.88 bits per heavy atom. The van der Waals surface area contributed by atoms with Gasteiger partial charge in [-0.1, -0.05) is 24.3 Å². The highest BCUT2D eigenvalue weighted by Crippen LogP contribution is 2.16. The quantitative estimate of drug-likeness (QED) is 0.826. The third-order valence-electron chi connectivity index (χ3n) is 2.64. The molecule has 0 aliphatic heterocycles. The van der Waals surface area contributed by atoms with E-state index in [-0.39, 0.29) is 0 Å². The molecule has 2 aromatic rings. The number of aromatic nitrogens is 2. The van der Waals surface area contributed by atoms with Crippen molar-refractivity contribution in [3.63, 3.8) is 0 Å². The summed E-state index contributed by atoms with van der Waals surface area (Å²) in [5, 5.41) is 4.16. The first-order valence-corrected chi connectivity index (χ1v) is 6.81. The number of nitrogens with two attached hydrogens (primary N) is 1. The molecule has 1 aromatic heterocycles. The Morgan fingerprint density at radius 1 is 1.35 bits per heavy atom. The molecule has 3 nitrogen and oxygen atoms in total. The molecule has 0 aliphatic rings. The van der Waals surface area contributed by atoms with Gasteiger partial charge in [0, 0.05) is 17.7 Å². The fraction of sp³-hybridized carbons (Fsp3) is 0.308. The Labute approximate surface area is 106 Å². The maximum Gasteiger partial charge on any atom is 0.0719 e. The molecule has 0 saturated carbocycles. The van der Waals surface area contributed by atoms with Gasteiger partial charge in [-0.05, 0) is 18.1 Å². The fourth-order valence-electron chi connectivity index (χ4n) is 1.61. The van der Waals surface area contributed by atoms with E-state index in [4.69, 9.17) is 5.73 Å². The lowest BCUT2D eigenvalue weighted by Gasteiger charge is -2.05. The topological polar surface area (TPSA) is 43.8 Å². The minimum atomic E-state index is 0.730. The van der Waals surface area contributed by atoms with Crippen molar-refractivity contribution in [2.75, 3.05) is 11.5 Å². The Balaban J connectivity index is 1.75. The van der Waals surface area contributed by atoms with Gasteiger partial charge in [0.1, 0.15) is 0 Å². The second-order valence-corrected chi connectivity index (χ2v) is 5.12. The van der Waals surface area contributed by atoms with Gasteiger partial charge in [0.05, 0.1) is 18.4 Å². The van der Waals surface area contributed by atoms with Crippen LogP contribution in [0.15, 0.2) is 36.7 Å². The van der Waals surface area contributed by atoms with Crippen molar-refractivity contribution >= 4 is 17.4 Å². The normalized spacial score (nSPS) is 10.6. The van der Waals surface area contributed by atoms with Crippen LogP contribution in [-0.2, 0) is 12.3 Å². The molecular formula is C13H17N3S. The zero-order chi connectivity index (χ0) is 12.1. The van der Waals surface area contributed by atoms with Crippen LogP contribution in [0.25, 0.3) is 0 Å². The van der Waals surface area contributed by atoms with Crippen molar-refractivity contribution in [1.29, 1.82) is 0 Å². The standard InChI is InChI=1S/C13H17N3S/c1-11-4-2-3-5-12(11)10-17-7-6-16-9-13(14)8-15-16/h2-5,8-9H,6-7,10,14H2,1H3. The maximum atomic E-state index is 5.60. The molecule has 0 fully saturated rings. The van der Waals surface area contributed by atoms with Gasteiger partial charge in [-0.25, -0.2) is 0 Å². The summed E-state index contributed by atoms with van der Waals surface area (Å²) in [7, 11) is 0. The molecule has 0 saturated heterocycles. The molecule has 0 spiro atoms. The van der Waals surface area contributed by atoms with Crippen molar-refractivity contribution in [2.45, 2.75) is 19.2 Å². The summed E-state index contributed by atoms with van der Waals surface area (Å²) in [6.07, 6.45) is 3.56. The highest BCUT2D eigenvalue weighted by molar-refractivity contribution is 7.98. The monoisotopic (exact) mass is 247 g/mol. The van der Waals surface area contributed by atoms with E-state index in [9.17, 15) is 0 Å². The van der Waals surface area contributed by atoms with E-state index in [1.807, 2.05) is 22.6 Å². The third kappa shape index (κ3) is 3.53. The lowest BCUT2D eigenvalue weighted by molar-refractivity contribution is 0.666. The number of nitrogens with zero attached hydrogens (tertiary/aromatic N) is 2. The molecular weight excluding hydrogens is 230 g/mol. The van der Waals surface area contributed by atoms with Crippen LogP contribution in [0, 0.1) is 6.92 Å². The molecule has 1 aromatic carbocycles. The van der Waals surface area contributed by atoms with E-state index in [1.54, 1.807) is 6.20 Å². The second-order valence-electron chi connectivity index (χ2n) is 4.02. The van der Waals surface area contributed by atoms with E-state index in [0.29, 0.717) is 0 Å². The Hall–Kier alpha value is -1.42. The van der Waals surface area contributed by atoms with Gasteiger partial charge < -0.3 is 5.73 Å². The summed E-state index contributed by atoms with van der Waals surface area (Å²) in [5.41, 5.74) is 9.11. The van der Waals surface area contributed by atoms with Crippen molar-refractivity contribution < 1.29 is 0 Å². The number of hydrogen-bond donors (Lipinski definition) is 1. The highest BCUT2D eigenvalue weighted by atomic mass is 32.2. The van der Waals surface area contributed by atoms with Crippen LogP contribution in [0.2, 0.25) is 0 Å². The highest BCUT2D eigenvalue weighted by Gasteiger charge is 1.98. The SMILES string of the molecule is Cc1ccccc1CSCCn1cc(N)cn1. The van der Waals surface area contributed by atoms with E-state index >= 15 is 0 Å². The molecule has 2 N–H and O–H groups in total. The second kappa shape index (κ2) is 5.77. The Kier molecular flexibility index (Phi) is 4.09. The number of rotatable bonds is 5. The first-order valence-electron chi connectivity index (χ1n) is 5.66. The minimum absolute atomic E-state index is 0.730. The van der Waals surface area contributed by atoms with Crippen LogP contribution in [0.1, 0.15) is 11.1 Å². The van der Waals surface area contributed by atoms with Crippen molar-refractivity contribution in [2.24, 2.45) is 0 Å². The van der Waals surface area contributed by atoms with Gasteiger partial charge in [0.2, 0.25) is 0 Å². The summed E-state index contributed by atoms with van der Waals surface area (Å²) in [6, 6.07) is 8.52. The molecule has 0 aliphatic carbocycles. The lowest BCUT2D eigenvalue weighted by Crippen LogP contribution is -2.01. The first-order chi connectivity index (χ1) is 8.25. The van der Waals surface area contributed by atoms with Crippen LogP contribution in [0.3, 0.4) is 0 Å². The van der Waals surface area contributed by atoms with Gasteiger partial charge in [-0.3, -0.25) is 4.68 Å². The molecule has 90 valence electrons. The van der Waals surface area contributed by atoms with Crippen LogP contribution < -0.4 is 5.73 Å². The van der Waals surface area contributed by atoms with Gasteiger partial charge in [0.15, 0.2) is 0 Å². The van der Waals surface area contributed by atoms with E-state index in [1.165, 1.54) is 11.1 Å². The molecule has 0 radical (unpaired) electrons. The molecule has 4 heteroatoms. The van der Waals surface area contributed by atoms with E-state index in [0.717, 1.165) is 23.7 Å². The molecule has 0 atom stereocenters. The summed E-state index contributed by atoms with van der Waals surface area (Å²) >= 11 is 1.92. The van der Waals surface area contributed by atoms with Crippen molar-refractivity contribution in [3.8, 4) is 0 Å². The molecule has 1 heterocycles. The van der Waals surface area contributed by atoms with Crippen LogP contribution in [0.5, 0.6) is 0 Å². The average molecular weight is 247 g/mol. The minimum Gasteiger partial charge on any atom is -0.396 e. The number of nitrogen functional groups attached to an aromatic ring is 1. The molecule has 0 bridgehead atoms. The van der Waals surface area contributed by atoms with Gasteiger partial charge in [-0.15, -0.1) is 0 Å². The maximum absolute atomic E-state index is 5.60. The largest absolute Gasteiger partial charge is 0.396 e. The van der Waals surface area contributed by atoms with Crippen LogP contribution >= 0.6 is 11.8 Å². The summed E-state index contributed by atoms with van der Waals surface area (Å²) in [6.45, 7) is 3.07. The smallest absolute Gasteiger partial charge is 0.0719 e. The number of anilines is 1. The number of thioether (sulfide) groups is 1. The van der Waals surface area contributed by atoms with Crippen LogP contribution in [0.4, 0.5) is 5.69 Å². The lowest BCUT2D eigenvalue weighted by atomic mass is 10.1. The number of aryl methyl sites for hydroxylation is 2. The van der Waals surface area contributed by atoms with Crippen LogP contribution in [-0.4, -0.2) is 15.5 Å². The number of hydrogen-bond acceptors (Lipinski definition) is 3. The van der Waals surface area contributed by atoms with Gasteiger partial charge in [0.25, 0.3) is 0 Å². The molecule has 0 amide bonds. The fourth-order valence-corrected chi connectivity index (χ4v) is 2.62. The first kappa shape index (κ1) is 12.0. The van der Waals surface area contributed by atoms with Gasteiger partial charge in [-0.2, -0.15) is 16.9 Å². The Bertz CT molecular complexity index is 479. The average Bonchev–Trinajstić information content (AvgIpc) is 2.73. The Morgan fingerprint density at radius 2 is 2.18 bits per heavy atom. The predicted molar refractivity (Wildman–Crippen MR) is 74.0 cm³/mol. The van der Waals surface area contributed by atoms with E-state index in [2.05, 4.69) is 36.3 Å². The van der Waals surface area contributed by atoms with Crippen molar-refractivity contribution in [1.82, 2.24) is 9.78 Å². The summed E-state index contributed by atoms with van der Waals surface area (Å²) < 4.78 is 1.89. The number of benzene rings is 1. The van der Waals surface area contributed by atoms with Gasteiger partial charge >= 0.3 is 0 Å². The van der Waals surface area contributed by atoms with E-state index < -0.39 is 0 Å². The summed E-state index contributed by atoms with van der Waals surface area (Å²) in [5.74, 6) is 2.11. The molecule has 17 heavy (non-hydrogen) atoms. The zero-order valence-electron chi connectivity index (χ0n) is 9.97. The predicted octanol–water partition coefficient (Wildman–Crippen LogP) is 2.71. The molecule has 0 unspecified atom stereocenters. The summed E-state index contributed by atoms with van der Waals surface area (Å²) in [4.78, 5) is 0. The third-order valence-corrected chi connectivity index (χ3v) is 3.62. The zero-order valence-corrected chi connectivity index (χ0v) is 10.8.